The second-order valence-corrected chi connectivity index (χ2v) is 7.43. The molecule has 0 aliphatic heterocycles. The van der Waals surface area contributed by atoms with Gasteiger partial charge in [-0.3, -0.25) is 4.79 Å². The van der Waals surface area contributed by atoms with Crippen molar-refractivity contribution in [1.82, 2.24) is 14.8 Å². The molecular weight excluding hydrogens is 366 g/mol. The van der Waals surface area contributed by atoms with Crippen LogP contribution in [0.15, 0.2) is 48.5 Å². The van der Waals surface area contributed by atoms with Crippen molar-refractivity contribution in [2.45, 2.75) is 40.2 Å². The number of ketones is 1. The summed E-state index contributed by atoms with van der Waals surface area (Å²) in [5.41, 5.74) is 2.81. The van der Waals surface area contributed by atoms with Gasteiger partial charge in [-0.1, -0.05) is 63.2 Å². The first kappa shape index (κ1) is 20.5. The molecule has 0 unspecified atom stereocenters. The standard InChI is InChI=1S/C23H25N3O3/c1-4-20(27)22-24-21(13-15(2)3)26(25-22)14-16-9-11-17(12-10-16)18-7-5-6-8-19(18)23(28)29/h5-12,15H,4,13-14H2,1-3H3,(H,28,29). The Bertz CT molecular complexity index is 1020. The number of carboxylic acid groups (broad SMARTS) is 1. The van der Waals surface area contributed by atoms with Crippen LogP contribution in [-0.4, -0.2) is 31.6 Å². The molecule has 0 aliphatic carbocycles. The molecule has 1 N–H and O–H groups in total. The van der Waals surface area contributed by atoms with Crippen molar-refractivity contribution in [3.8, 4) is 11.1 Å². The molecule has 0 amide bonds. The number of carboxylic acids is 1. The summed E-state index contributed by atoms with van der Waals surface area (Å²) in [4.78, 5) is 27.9. The summed E-state index contributed by atoms with van der Waals surface area (Å²) < 4.78 is 1.79. The molecule has 3 rings (SSSR count). The zero-order valence-electron chi connectivity index (χ0n) is 16.9. The first-order valence-electron chi connectivity index (χ1n) is 9.77. The monoisotopic (exact) mass is 391 g/mol. The van der Waals surface area contributed by atoms with E-state index in [0.29, 0.717) is 24.4 Å². The molecule has 3 aromatic rings. The summed E-state index contributed by atoms with van der Waals surface area (Å²) >= 11 is 0. The van der Waals surface area contributed by atoms with E-state index in [-0.39, 0.29) is 17.2 Å². The number of carbonyl (C=O) groups excluding carboxylic acids is 1. The number of benzene rings is 2. The van der Waals surface area contributed by atoms with Gasteiger partial charge < -0.3 is 5.11 Å². The highest BCUT2D eigenvalue weighted by atomic mass is 16.4. The molecule has 0 atom stereocenters. The Labute approximate surface area is 170 Å². The van der Waals surface area contributed by atoms with Gasteiger partial charge in [0.2, 0.25) is 11.6 Å². The predicted octanol–water partition coefficient (Wildman–Crippen LogP) is 4.48. The molecule has 0 spiro atoms. The molecule has 6 nitrogen and oxygen atoms in total. The quantitative estimate of drug-likeness (QED) is 0.572. The number of Topliss-reactive ketones (excluding diaryl/α,β-unsaturated/α-hetero) is 1. The summed E-state index contributed by atoms with van der Waals surface area (Å²) in [6.07, 6.45) is 1.12. The highest BCUT2D eigenvalue weighted by Crippen LogP contribution is 2.24. The Morgan fingerprint density at radius 2 is 1.76 bits per heavy atom. The van der Waals surface area contributed by atoms with E-state index in [9.17, 15) is 14.7 Å². The summed E-state index contributed by atoms with van der Waals surface area (Å²) in [6.45, 7) is 6.52. The van der Waals surface area contributed by atoms with E-state index in [1.54, 1.807) is 29.8 Å². The fourth-order valence-electron chi connectivity index (χ4n) is 3.18. The normalized spacial score (nSPS) is 11.0. The zero-order valence-corrected chi connectivity index (χ0v) is 16.9. The van der Waals surface area contributed by atoms with Gasteiger partial charge in [0.05, 0.1) is 12.1 Å². The summed E-state index contributed by atoms with van der Waals surface area (Å²) in [5.74, 6) is 0.470. The predicted molar refractivity (Wildman–Crippen MR) is 111 cm³/mol. The van der Waals surface area contributed by atoms with Crippen molar-refractivity contribution in [3.63, 3.8) is 0 Å². The van der Waals surface area contributed by atoms with Crippen LogP contribution in [0.1, 0.15) is 59.6 Å². The fourth-order valence-corrected chi connectivity index (χ4v) is 3.18. The lowest BCUT2D eigenvalue weighted by Gasteiger charge is -2.10. The van der Waals surface area contributed by atoms with Crippen molar-refractivity contribution < 1.29 is 14.7 Å². The third-order valence-corrected chi connectivity index (χ3v) is 4.66. The second kappa shape index (κ2) is 8.82. The Morgan fingerprint density at radius 1 is 1.07 bits per heavy atom. The van der Waals surface area contributed by atoms with E-state index in [1.807, 2.05) is 30.3 Å². The number of hydrogen-bond acceptors (Lipinski definition) is 4. The Hall–Kier alpha value is -3.28. The first-order chi connectivity index (χ1) is 13.9. The van der Waals surface area contributed by atoms with Crippen LogP contribution < -0.4 is 0 Å². The van der Waals surface area contributed by atoms with Gasteiger partial charge in [0.1, 0.15) is 5.82 Å². The Balaban J connectivity index is 1.87. The number of aromatic carboxylic acids is 1. The van der Waals surface area contributed by atoms with Crippen LogP contribution in [0.25, 0.3) is 11.1 Å². The molecule has 0 fully saturated rings. The van der Waals surface area contributed by atoms with Gasteiger partial charge in [-0.2, -0.15) is 0 Å². The van der Waals surface area contributed by atoms with Crippen LogP contribution in [-0.2, 0) is 13.0 Å². The molecule has 0 radical (unpaired) electrons. The molecule has 150 valence electrons. The highest BCUT2D eigenvalue weighted by Gasteiger charge is 2.16. The van der Waals surface area contributed by atoms with Gasteiger partial charge >= 0.3 is 5.97 Å². The van der Waals surface area contributed by atoms with E-state index >= 15 is 0 Å². The molecule has 0 aliphatic rings. The van der Waals surface area contributed by atoms with Crippen LogP contribution in [0.2, 0.25) is 0 Å². The van der Waals surface area contributed by atoms with E-state index in [0.717, 1.165) is 23.4 Å². The number of rotatable bonds is 8. The molecule has 6 heteroatoms. The van der Waals surface area contributed by atoms with Gasteiger partial charge in [0.15, 0.2) is 0 Å². The maximum absolute atomic E-state index is 12.0. The lowest BCUT2D eigenvalue weighted by Crippen LogP contribution is -2.09. The van der Waals surface area contributed by atoms with Gasteiger partial charge in [-0.15, -0.1) is 5.10 Å². The summed E-state index contributed by atoms with van der Waals surface area (Å²) in [5, 5.41) is 13.8. The SMILES string of the molecule is CCC(=O)c1nc(CC(C)C)n(Cc2ccc(-c3ccccc3C(=O)O)cc2)n1. The molecule has 0 saturated heterocycles. The van der Waals surface area contributed by atoms with Crippen LogP contribution in [0.4, 0.5) is 0 Å². The van der Waals surface area contributed by atoms with Crippen molar-refractivity contribution >= 4 is 11.8 Å². The summed E-state index contributed by atoms with van der Waals surface area (Å²) in [7, 11) is 0. The number of nitrogens with zero attached hydrogens (tertiary/aromatic N) is 3. The first-order valence-corrected chi connectivity index (χ1v) is 9.77. The van der Waals surface area contributed by atoms with Crippen LogP contribution >= 0.6 is 0 Å². The minimum Gasteiger partial charge on any atom is -0.478 e. The van der Waals surface area contributed by atoms with Crippen LogP contribution in [0.5, 0.6) is 0 Å². The van der Waals surface area contributed by atoms with E-state index < -0.39 is 5.97 Å². The van der Waals surface area contributed by atoms with Crippen molar-refractivity contribution in [2.24, 2.45) is 5.92 Å². The minimum atomic E-state index is -0.946. The fraction of sp³-hybridized carbons (Fsp3) is 0.304. The Kier molecular flexibility index (Phi) is 6.22. The molecular formula is C23H25N3O3. The minimum absolute atomic E-state index is 0.0608. The second-order valence-electron chi connectivity index (χ2n) is 7.43. The molecule has 1 aromatic heterocycles. The van der Waals surface area contributed by atoms with Crippen LogP contribution in [0.3, 0.4) is 0 Å². The molecule has 1 heterocycles. The van der Waals surface area contributed by atoms with Crippen molar-refractivity contribution in [1.29, 1.82) is 0 Å². The smallest absolute Gasteiger partial charge is 0.336 e. The van der Waals surface area contributed by atoms with Gasteiger partial charge in [0, 0.05) is 12.8 Å². The number of hydrogen-bond donors (Lipinski definition) is 1. The van der Waals surface area contributed by atoms with E-state index in [4.69, 9.17) is 0 Å². The average Bonchev–Trinajstić information content (AvgIpc) is 3.09. The number of carbonyl (C=O) groups is 2. The van der Waals surface area contributed by atoms with Gasteiger partial charge in [-0.25, -0.2) is 14.5 Å². The van der Waals surface area contributed by atoms with Crippen molar-refractivity contribution in [3.05, 3.63) is 71.3 Å². The zero-order chi connectivity index (χ0) is 21.0. The molecule has 0 bridgehead atoms. The molecule has 0 saturated carbocycles. The largest absolute Gasteiger partial charge is 0.478 e. The lowest BCUT2D eigenvalue weighted by atomic mass is 9.99. The Morgan fingerprint density at radius 3 is 2.38 bits per heavy atom. The lowest BCUT2D eigenvalue weighted by molar-refractivity contribution is 0.0697. The third-order valence-electron chi connectivity index (χ3n) is 4.66. The maximum atomic E-state index is 12.0. The third kappa shape index (κ3) is 4.77. The average molecular weight is 391 g/mol. The molecule has 2 aromatic carbocycles. The van der Waals surface area contributed by atoms with Crippen molar-refractivity contribution in [2.75, 3.05) is 0 Å². The van der Waals surface area contributed by atoms with Gasteiger partial charge in [-0.05, 0) is 28.7 Å². The maximum Gasteiger partial charge on any atom is 0.336 e. The van der Waals surface area contributed by atoms with E-state index in [1.165, 1.54) is 0 Å². The van der Waals surface area contributed by atoms with Gasteiger partial charge in [0.25, 0.3) is 0 Å². The van der Waals surface area contributed by atoms with Crippen LogP contribution in [0, 0.1) is 5.92 Å². The number of aromatic nitrogens is 3. The van der Waals surface area contributed by atoms with E-state index in [2.05, 4.69) is 23.9 Å². The molecule has 29 heavy (non-hydrogen) atoms. The highest BCUT2D eigenvalue weighted by molar-refractivity contribution is 5.96. The summed E-state index contributed by atoms with van der Waals surface area (Å²) in [6, 6.07) is 14.7. The topological polar surface area (TPSA) is 85.1 Å².